The number of methoxy groups -OCH3 is 1. The standard InChI is InChI=1S/C17H26N2O2/c1-12-4-5-13(10-15(12)20-2)16(19-18)14-6-9-21-17(11-14)7-3-8-17/h4-5,10,14,16,19H,3,6-9,11,18H2,1-2H3. The Kier molecular flexibility index (Phi) is 4.20. The number of nitrogens with one attached hydrogen (secondary N) is 1. The van der Waals surface area contributed by atoms with Crippen LogP contribution in [0.3, 0.4) is 0 Å². The second-order valence-corrected chi connectivity index (χ2v) is 6.51. The van der Waals surface area contributed by atoms with Crippen molar-refractivity contribution < 1.29 is 9.47 Å². The molecule has 1 aromatic carbocycles. The average Bonchev–Trinajstić information content (AvgIpc) is 2.48. The van der Waals surface area contributed by atoms with Gasteiger partial charge in [-0.3, -0.25) is 11.3 Å². The van der Waals surface area contributed by atoms with Crippen molar-refractivity contribution in [1.82, 2.24) is 5.43 Å². The van der Waals surface area contributed by atoms with E-state index in [-0.39, 0.29) is 11.6 Å². The molecular formula is C17H26N2O2. The Balaban J connectivity index is 1.80. The number of hydrogen-bond acceptors (Lipinski definition) is 4. The molecule has 0 bridgehead atoms. The van der Waals surface area contributed by atoms with Crippen LogP contribution in [0.25, 0.3) is 0 Å². The summed E-state index contributed by atoms with van der Waals surface area (Å²) in [6.45, 7) is 2.91. The third-order valence-corrected chi connectivity index (χ3v) is 5.24. The predicted octanol–water partition coefficient (Wildman–Crippen LogP) is 2.86. The van der Waals surface area contributed by atoms with Crippen LogP contribution in [0.2, 0.25) is 0 Å². The number of hydrazine groups is 1. The SMILES string of the molecule is COc1cc(C(NN)C2CCOC3(CCC3)C2)ccc1C. The number of nitrogens with two attached hydrogens (primary N) is 1. The maximum Gasteiger partial charge on any atom is 0.122 e. The summed E-state index contributed by atoms with van der Waals surface area (Å²) in [7, 11) is 1.72. The first-order chi connectivity index (χ1) is 10.2. The number of ether oxygens (including phenoxy) is 2. The van der Waals surface area contributed by atoms with Crippen molar-refractivity contribution in [3.8, 4) is 5.75 Å². The number of rotatable bonds is 4. The van der Waals surface area contributed by atoms with Gasteiger partial charge in [-0.25, -0.2) is 0 Å². The minimum atomic E-state index is 0.146. The molecule has 2 aliphatic rings. The van der Waals surface area contributed by atoms with Crippen molar-refractivity contribution in [2.45, 2.75) is 50.7 Å². The monoisotopic (exact) mass is 290 g/mol. The minimum absolute atomic E-state index is 0.146. The highest BCUT2D eigenvalue weighted by Crippen LogP contribution is 2.47. The Bertz CT molecular complexity index is 500. The number of benzene rings is 1. The Morgan fingerprint density at radius 2 is 2.24 bits per heavy atom. The van der Waals surface area contributed by atoms with Crippen LogP contribution in [-0.4, -0.2) is 19.3 Å². The van der Waals surface area contributed by atoms with Gasteiger partial charge in [-0.2, -0.15) is 0 Å². The highest BCUT2D eigenvalue weighted by molar-refractivity contribution is 5.38. The van der Waals surface area contributed by atoms with Crippen molar-refractivity contribution >= 4 is 0 Å². The molecule has 1 spiro atoms. The van der Waals surface area contributed by atoms with Crippen LogP contribution < -0.4 is 16.0 Å². The molecule has 2 fully saturated rings. The van der Waals surface area contributed by atoms with E-state index in [0.29, 0.717) is 5.92 Å². The Morgan fingerprint density at radius 1 is 1.43 bits per heavy atom. The van der Waals surface area contributed by atoms with Crippen LogP contribution in [0.15, 0.2) is 18.2 Å². The zero-order valence-corrected chi connectivity index (χ0v) is 13.0. The van der Waals surface area contributed by atoms with E-state index in [4.69, 9.17) is 15.3 Å². The fourth-order valence-electron chi connectivity index (χ4n) is 3.80. The highest BCUT2D eigenvalue weighted by atomic mass is 16.5. The first-order valence-corrected chi connectivity index (χ1v) is 7.92. The molecule has 1 saturated heterocycles. The van der Waals surface area contributed by atoms with Gasteiger partial charge < -0.3 is 9.47 Å². The summed E-state index contributed by atoms with van der Waals surface area (Å²) in [5.41, 5.74) is 5.54. The number of hydrogen-bond donors (Lipinski definition) is 2. The van der Waals surface area contributed by atoms with Crippen LogP contribution in [-0.2, 0) is 4.74 Å². The van der Waals surface area contributed by atoms with Crippen molar-refractivity contribution in [3.05, 3.63) is 29.3 Å². The lowest BCUT2D eigenvalue weighted by atomic mass is 9.69. The summed E-state index contributed by atoms with van der Waals surface area (Å²) < 4.78 is 11.5. The van der Waals surface area contributed by atoms with Gasteiger partial charge in [-0.05, 0) is 62.1 Å². The molecule has 2 unspecified atom stereocenters. The van der Waals surface area contributed by atoms with E-state index in [2.05, 4.69) is 30.5 Å². The van der Waals surface area contributed by atoms with E-state index < -0.39 is 0 Å². The van der Waals surface area contributed by atoms with Gasteiger partial charge in [-0.1, -0.05) is 12.1 Å². The Morgan fingerprint density at radius 3 is 2.86 bits per heavy atom. The second kappa shape index (κ2) is 5.95. The van der Waals surface area contributed by atoms with E-state index in [1.54, 1.807) is 7.11 Å². The normalized spacial score (nSPS) is 25.4. The Hall–Kier alpha value is -1.10. The van der Waals surface area contributed by atoms with Gasteiger partial charge in [-0.15, -0.1) is 0 Å². The fraction of sp³-hybridized carbons (Fsp3) is 0.647. The molecule has 4 nitrogen and oxygen atoms in total. The lowest BCUT2D eigenvalue weighted by Crippen LogP contribution is -2.48. The first-order valence-electron chi connectivity index (χ1n) is 7.92. The van der Waals surface area contributed by atoms with Gasteiger partial charge in [0.25, 0.3) is 0 Å². The van der Waals surface area contributed by atoms with E-state index in [1.165, 1.54) is 24.8 Å². The van der Waals surface area contributed by atoms with E-state index in [9.17, 15) is 0 Å². The molecule has 0 radical (unpaired) electrons. The van der Waals surface area contributed by atoms with Crippen LogP contribution in [0.1, 0.15) is 49.3 Å². The lowest BCUT2D eigenvalue weighted by molar-refractivity contribution is -0.147. The molecule has 0 amide bonds. The second-order valence-electron chi connectivity index (χ2n) is 6.51. The maximum absolute atomic E-state index is 6.03. The summed E-state index contributed by atoms with van der Waals surface area (Å²) in [5.74, 6) is 7.33. The molecule has 3 N–H and O–H groups in total. The quantitative estimate of drug-likeness (QED) is 0.661. The summed E-state index contributed by atoms with van der Waals surface area (Å²) in [6.07, 6.45) is 5.88. The van der Waals surface area contributed by atoms with Crippen LogP contribution in [0.4, 0.5) is 0 Å². The van der Waals surface area contributed by atoms with E-state index in [0.717, 1.165) is 30.8 Å². The van der Waals surface area contributed by atoms with Crippen LogP contribution >= 0.6 is 0 Å². The molecule has 1 heterocycles. The summed E-state index contributed by atoms with van der Waals surface area (Å²) in [5, 5.41) is 0. The molecule has 116 valence electrons. The third kappa shape index (κ3) is 2.80. The molecule has 1 aliphatic carbocycles. The summed E-state index contributed by atoms with van der Waals surface area (Å²) in [6, 6.07) is 6.55. The Labute approximate surface area is 127 Å². The molecule has 3 rings (SSSR count). The topological polar surface area (TPSA) is 56.5 Å². The fourth-order valence-corrected chi connectivity index (χ4v) is 3.80. The van der Waals surface area contributed by atoms with Gasteiger partial charge in [0.05, 0.1) is 12.7 Å². The van der Waals surface area contributed by atoms with Gasteiger partial charge in [0.2, 0.25) is 0 Å². The summed E-state index contributed by atoms with van der Waals surface area (Å²) >= 11 is 0. The average molecular weight is 290 g/mol. The van der Waals surface area contributed by atoms with Crippen molar-refractivity contribution in [1.29, 1.82) is 0 Å². The molecule has 2 atom stereocenters. The van der Waals surface area contributed by atoms with Gasteiger partial charge >= 0.3 is 0 Å². The van der Waals surface area contributed by atoms with Gasteiger partial charge in [0.15, 0.2) is 0 Å². The smallest absolute Gasteiger partial charge is 0.122 e. The molecule has 4 heteroatoms. The molecular weight excluding hydrogens is 264 g/mol. The number of aryl methyl sites for hydroxylation is 1. The molecule has 0 aromatic heterocycles. The third-order valence-electron chi connectivity index (χ3n) is 5.24. The van der Waals surface area contributed by atoms with Gasteiger partial charge in [0, 0.05) is 12.6 Å². The largest absolute Gasteiger partial charge is 0.496 e. The zero-order chi connectivity index (χ0) is 14.9. The van der Waals surface area contributed by atoms with Gasteiger partial charge in [0.1, 0.15) is 5.75 Å². The molecule has 1 aliphatic heterocycles. The zero-order valence-electron chi connectivity index (χ0n) is 13.0. The van der Waals surface area contributed by atoms with E-state index in [1.807, 2.05) is 0 Å². The maximum atomic E-state index is 6.03. The van der Waals surface area contributed by atoms with Crippen LogP contribution in [0.5, 0.6) is 5.75 Å². The lowest BCUT2D eigenvalue weighted by Gasteiger charge is -2.48. The molecule has 1 saturated carbocycles. The van der Waals surface area contributed by atoms with Crippen molar-refractivity contribution in [2.75, 3.05) is 13.7 Å². The van der Waals surface area contributed by atoms with Crippen molar-refractivity contribution in [2.24, 2.45) is 11.8 Å². The predicted molar refractivity (Wildman–Crippen MR) is 83.1 cm³/mol. The molecule has 1 aromatic rings. The highest BCUT2D eigenvalue weighted by Gasteiger charge is 2.44. The van der Waals surface area contributed by atoms with E-state index >= 15 is 0 Å². The minimum Gasteiger partial charge on any atom is -0.496 e. The first kappa shape index (κ1) is 14.8. The van der Waals surface area contributed by atoms with Crippen LogP contribution in [0, 0.1) is 12.8 Å². The molecule has 21 heavy (non-hydrogen) atoms. The summed E-state index contributed by atoms with van der Waals surface area (Å²) in [4.78, 5) is 0. The van der Waals surface area contributed by atoms with Crippen molar-refractivity contribution in [3.63, 3.8) is 0 Å².